The molecule has 0 bridgehead atoms. The van der Waals surface area contributed by atoms with Gasteiger partial charge in [0.2, 0.25) is 10.0 Å². The summed E-state index contributed by atoms with van der Waals surface area (Å²) in [5, 5.41) is 0. The van der Waals surface area contributed by atoms with E-state index in [1.165, 1.54) is 83.5 Å². The summed E-state index contributed by atoms with van der Waals surface area (Å²) in [7, 11) is -1.54. The van der Waals surface area contributed by atoms with E-state index in [0.717, 1.165) is 17.5 Å². The van der Waals surface area contributed by atoms with Crippen molar-refractivity contribution in [1.29, 1.82) is 0 Å². The first-order valence-corrected chi connectivity index (χ1v) is 15.8. The average Bonchev–Trinajstić information content (AvgIpc) is 2.75. The average molecular weight is 576 g/mol. The number of hydrogen-bond acceptors (Lipinski definition) is 4. The van der Waals surface area contributed by atoms with Gasteiger partial charge >= 0.3 is 0 Å². The topological polar surface area (TPSA) is 64.6 Å². The Kier molecular flexibility index (Phi) is 24.1. The number of methoxy groups -OCH3 is 1. The molecular formula is C24H50INO4S. The molecule has 188 valence electrons. The molecule has 0 aliphatic rings. The van der Waals surface area contributed by atoms with Crippen LogP contribution < -0.4 is 4.72 Å². The summed E-state index contributed by atoms with van der Waals surface area (Å²) in [6.07, 6.45) is 19.6. The second kappa shape index (κ2) is 23.7. The van der Waals surface area contributed by atoms with Gasteiger partial charge in [0, 0.05) is 30.6 Å². The van der Waals surface area contributed by atoms with Crippen molar-refractivity contribution in [2.75, 3.05) is 43.7 Å². The van der Waals surface area contributed by atoms with Crippen LogP contribution in [0.15, 0.2) is 0 Å². The molecule has 0 aliphatic carbocycles. The third-order valence-electron chi connectivity index (χ3n) is 5.54. The molecule has 0 aromatic carbocycles. The van der Waals surface area contributed by atoms with Gasteiger partial charge in [-0.2, -0.15) is 0 Å². The number of halogens is 1. The lowest BCUT2D eigenvalue weighted by molar-refractivity contribution is 0.0577. The Hall–Kier alpha value is 0.560. The molecule has 0 rings (SSSR count). The van der Waals surface area contributed by atoms with E-state index in [4.69, 9.17) is 9.47 Å². The minimum Gasteiger partial charge on any atom is -0.384 e. The second-order valence-corrected chi connectivity index (χ2v) is 11.7. The maximum Gasteiger partial charge on any atom is 0.211 e. The molecule has 1 N–H and O–H groups in total. The zero-order valence-electron chi connectivity index (χ0n) is 20.3. The van der Waals surface area contributed by atoms with E-state index < -0.39 is 10.0 Å². The van der Waals surface area contributed by atoms with Crippen LogP contribution in [0.2, 0.25) is 0 Å². The lowest BCUT2D eigenvalue weighted by atomic mass is 10.0. The summed E-state index contributed by atoms with van der Waals surface area (Å²) in [4.78, 5) is 0. The SMILES string of the molecule is CCCCCCCCCCCCCCCCOCC(CNS(=O)(=O)CCCI)COC. The van der Waals surface area contributed by atoms with Gasteiger partial charge in [-0.25, -0.2) is 13.1 Å². The molecule has 0 fully saturated rings. The van der Waals surface area contributed by atoms with Gasteiger partial charge in [-0.15, -0.1) is 0 Å². The van der Waals surface area contributed by atoms with Gasteiger partial charge in [0.05, 0.1) is 19.0 Å². The molecule has 31 heavy (non-hydrogen) atoms. The van der Waals surface area contributed by atoms with Gasteiger partial charge in [-0.3, -0.25) is 0 Å². The Bertz CT molecular complexity index is 462. The third kappa shape index (κ3) is 23.5. The Morgan fingerprint density at radius 1 is 0.774 bits per heavy atom. The summed E-state index contributed by atoms with van der Waals surface area (Å²) in [6, 6.07) is 0. The third-order valence-corrected chi connectivity index (χ3v) is 7.73. The first-order chi connectivity index (χ1) is 15.1. The number of ether oxygens (including phenoxy) is 2. The highest BCUT2D eigenvalue weighted by Gasteiger charge is 2.14. The van der Waals surface area contributed by atoms with Crippen molar-refractivity contribution in [2.45, 2.75) is 103 Å². The first-order valence-electron chi connectivity index (χ1n) is 12.7. The van der Waals surface area contributed by atoms with Crippen molar-refractivity contribution in [1.82, 2.24) is 4.72 Å². The van der Waals surface area contributed by atoms with E-state index in [9.17, 15) is 8.42 Å². The molecule has 0 heterocycles. The van der Waals surface area contributed by atoms with E-state index in [1.807, 2.05) is 0 Å². The predicted octanol–water partition coefficient (Wildman–Crippen LogP) is 6.49. The number of rotatable bonds is 25. The van der Waals surface area contributed by atoms with Crippen LogP contribution in [0.5, 0.6) is 0 Å². The van der Waals surface area contributed by atoms with Gasteiger partial charge in [-0.05, 0) is 12.8 Å². The maximum absolute atomic E-state index is 11.9. The van der Waals surface area contributed by atoms with Crippen LogP contribution in [0.3, 0.4) is 0 Å². The van der Waals surface area contributed by atoms with E-state index >= 15 is 0 Å². The molecule has 0 saturated heterocycles. The molecule has 0 aliphatic heterocycles. The van der Waals surface area contributed by atoms with Crippen molar-refractivity contribution in [3.05, 3.63) is 0 Å². The molecule has 0 saturated carbocycles. The molecule has 0 spiro atoms. The van der Waals surface area contributed by atoms with E-state index in [1.54, 1.807) is 7.11 Å². The van der Waals surface area contributed by atoms with Crippen molar-refractivity contribution >= 4 is 32.6 Å². The zero-order valence-corrected chi connectivity index (χ0v) is 23.3. The molecule has 1 unspecified atom stereocenters. The summed E-state index contributed by atoms with van der Waals surface area (Å²) >= 11 is 2.20. The van der Waals surface area contributed by atoms with Crippen molar-refractivity contribution < 1.29 is 17.9 Å². The van der Waals surface area contributed by atoms with Crippen LogP contribution in [-0.4, -0.2) is 52.1 Å². The fourth-order valence-corrected chi connectivity index (χ4v) is 5.67. The first kappa shape index (κ1) is 31.6. The minimum atomic E-state index is -3.18. The number of hydrogen-bond donors (Lipinski definition) is 1. The van der Waals surface area contributed by atoms with E-state index in [-0.39, 0.29) is 11.7 Å². The standard InChI is InChI=1S/C24H50INO4S/c1-3-4-5-6-7-8-9-10-11-12-13-14-15-16-19-30-23-24(22-29-2)21-26-31(27,28)20-17-18-25/h24,26H,3-23H2,1-2H3. The molecular weight excluding hydrogens is 525 g/mol. The van der Waals surface area contributed by atoms with Crippen LogP contribution in [0.4, 0.5) is 0 Å². The fraction of sp³-hybridized carbons (Fsp3) is 1.00. The fourth-order valence-electron chi connectivity index (χ4n) is 3.61. The number of sulfonamides is 1. The highest BCUT2D eigenvalue weighted by atomic mass is 127. The quantitative estimate of drug-likeness (QED) is 0.0768. The van der Waals surface area contributed by atoms with Crippen LogP contribution >= 0.6 is 22.6 Å². The lowest BCUT2D eigenvalue weighted by Crippen LogP contribution is -2.35. The van der Waals surface area contributed by atoms with Crippen LogP contribution in [0.1, 0.15) is 103 Å². The monoisotopic (exact) mass is 575 g/mol. The van der Waals surface area contributed by atoms with Crippen molar-refractivity contribution in [2.24, 2.45) is 5.92 Å². The number of unbranched alkanes of at least 4 members (excludes halogenated alkanes) is 13. The Morgan fingerprint density at radius 2 is 1.29 bits per heavy atom. The molecule has 0 aromatic heterocycles. The molecule has 5 nitrogen and oxygen atoms in total. The molecule has 0 aromatic rings. The van der Waals surface area contributed by atoms with Gasteiger partial charge in [0.15, 0.2) is 0 Å². The smallest absolute Gasteiger partial charge is 0.211 e. The van der Waals surface area contributed by atoms with Gasteiger partial charge in [0.25, 0.3) is 0 Å². The minimum absolute atomic E-state index is 0.0611. The van der Waals surface area contributed by atoms with Crippen LogP contribution in [-0.2, 0) is 19.5 Å². The molecule has 7 heteroatoms. The van der Waals surface area contributed by atoms with E-state index in [2.05, 4.69) is 34.2 Å². The number of nitrogens with one attached hydrogen (secondary N) is 1. The summed E-state index contributed by atoms with van der Waals surface area (Å²) in [5.74, 6) is 0.251. The summed E-state index contributed by atoms with van der Waals surface area (Å²) in [6.45, 7) is 4.46. The van der Waals surface area contributed by atoms with Crippen LogP contribution in [0.25, 0.3) is 0 Å². The maximum atomic E-state index is 11.9. The van der Waals surface area contributed by atoms with Crippen molar-refractivity contribution in [3.63, 3.8) is 0 Å². The highest BCUT2D eigenvalue weighted by Crippen LogP contribution is 2.13. The largest absolute Gasteiger partial charge is 0.384 e. The highest BCUT2D eigenvalue weighted by molar-refractivity contribution is 14.1. The molecule has 0 radical (unpaired) electrons. The Labute approximate surface area is 207 Å². The van der Waals surface area contributed by atoms with Gasteiger partial charge in [-0.1, -0.05) is 113 Å². The lowest BCUT2D eigenvalue weighted by Gasteiger charge is -2.17. The Morgan fingerprint density at radius 3 is 1.77 bits per heavy atom. The zero-order chi connectivity index (χ0) is 23.0. The Balaban J connectivity index is 3.51. The second-order valence-electron chi connectivity index (χ2n) is 8.70. The summed E-state index contributed by atoms with van der Waals surface area (Å²) in [5.41, 5.74) is 0. The van der Waals surface area contributed by atoms with E-state index in [0.29, 0.717) is 26.2 Å². The van der Waals surface area contributed by atoms with Gasteiger partial charge < -0.3 is 9.47 Å². The molecule has 1 atom stereocenters. The van der Waals surface area contributed by atoms with Crippen LogP contribution in [0, 0.1) is 5.92 Å². The van der Waals surface area contributed by atoms with Crippen molar-refractivity contribution in [3.8, 4) is 0 Å². The molecule has 0 amide bonds. The summed E-state index contributed by atoms with van der Waals surface area (Å²) < 4.78 is 38.4. The van der Waals surface area contributed by atoms with Gasteiger partial charge in [0.1, 0.15) is 0 Å². The normalized spacial score (nSPS) is 13.0. The predicted molar refractivity (Wildman–Crippen MR) is 142 cm³/mol. The number of alkyl halides is 1.